The van der Waals surface area contributed by atoms with Crippen LogP contribution in [0.1, 0.15) is 0 Å². The number of aromatic nitrogens is 5. The Hall–Kier alpha value is -6.98. The van der Waals surface area contributed by atoms with Crippen molar-refractivity contribution in [1.82, 2.24) is 23.7 Å². The van der Waals surface area contributed by atoms with E-state index in [9.17, 15) is 0 Å². The molecule has 4 aromatic heterocycles. The van der Waals surface area contributed by atoms with E-state index in [0.717, 1.165) is 61.4 Å². The standard InChI is InChI=1S/C46H29N5/c1-2-15-30(16-3-1)49-38-24-9-8-21-35(38)36-22-14-23-37(45(36)49)46-47-43(50-39-25-10-4-17-31(39)32-18-5-11-26-40(32)50)29-44(48-46)51-41-27-12-6-19-33(41)34-20-7-13-28-42(34)51/h1-29H. The van der Waals surface area contributed by atoms with E-state index in [4.69, 9.17) is 9.97 Å². The second kappa shape index (κ2) is 10.8. The lowest BCUT2D eigenvalue weighted by Gasteiger charge is -2.15. The molecular formula is C46H29N5. The first-order valence-electron chi connectivity index (χ1n) is 17.3. The molecule has 5 nitrogen and oxygen atoms in total. The third kappa shape index (κ3) is 4.03. The van der Waals surface area contributed by atoms with E-state index in [1.54, 1.807) is 0 Å². The van der Waals surface area contributed by atoms with Crippen LogP contribution in [0.15, 0.2) is 176 Å². The molecule has 0 atom stereocenters. The molecule has 0 unspecified atom stereocenters. The maximum absolute atomic E-state index is 5.50. The smallest absolute Gasteiger partial charge is 0.166 e. The molecule has 0 fully saturated rings. The molecule has 0 aliphatic heterocycles. The van der Waals surface area contributed by atoms with Crippen molar-refractivity contribution in [3.63, 3.8) is 0 Å². The Morgan fingerprint density at radius 2 is 0.686 bits per heavy atom. The van der Waals surface area contributed by atoms with E-state index >= 15 is 0 Å². The van der Waals surface area contributed by atoms with Crippen LogP contribution in [0.2, 0.25) is 0 Å². The highest BCUT2D eigenvalue weighted by atomic mass is 15.1. The quantitative estimate of drug-likeness (QED) is 0.190. The van der Waals surface area contributed by atoms with E-state index in [1.165, 1.54) is 26.9 Å². The highest BCUT2D eigenvalue weighted by molar-refractivity contribution is 6.14. The van der Waals surface area contributed by atoms with Gasteiger partial charge >= 0.3 is 0 Å². The Labute approximate surface area is 292 Å². The van der Waals surface area contributed by atoms with E-state index in [0.29, 0.717) is 5.82 Å². The fraction of sp³-hybridized carbons (Fsp3) is 0. The average molecular weight is 652 g/mol. The van der Waals surface area contributed by atoms with Crippen LogP contribution in [-0.2, 0) is 0 Å². The summed E-state index contributed by atoms with van der Waals surface area (Å²) in [6.45, 7) is 0. The van der Waals surface area contributed by atoms with Gasteiger partial charge in [0.2, 0.25) is 0 Å². The van der Waals surface area contributed by atoms with Crippen molar-refractivity contribution in [1.29, 1.82) is 0 Å². The van der Waals surface area contributed by atoms with Crippen LogP contribution >= 0.6 is 0 Å². The normalized spacial score (nSPS) is 11.9. The molecule has 4 heterocycles. The molecule has 0 aliphatic rings. The van der Waals surface area contributed by atoms with Crippen LogP contribution in [0.3, 0.4) is 0 Å². The summed E-state index contributed by atoms with van der Waals surface area (Å²) in [7, 11) is 0. The number of hydrogen-bond acceptors (Lipinski definition) is 2. The number of nitrogens with zero attached hydrogens (tertiary/aromatic N) is 5. The topological polar surface area (TPSA) is 40.6 Å². The molecule has 0 saturated heterocycles. The summed E-state index contributed by atoms with van der Waals surface area (Å²) in [4.78, 5) is 11.0. The molecular weight excluding hydrogens is 623 g/mol. The van der Waals surface area contributed by atoms with Crippen molar-refractivity contribution in [3.8, 4) is 28.7 Å². The summed E-state index contributed by atoms with van der Waals surface area (Å²) in [5.74, 6) is 2.29. The highest BCUT2D eigenvalue weighted by Gasteiger charge is 2.22. The summed E-state index contributed by atoms with van der Waals surface area (Å²) in [6.07, 6.45) is 0. The predicted molar refractivity (Wildman–Crippen MR) is 210 cm³/mol. The number of hydrogen-bond donors (Lipinski definition) is 0. The van der Waals surface area contributed by atoms with E-state index in [-0.39, 0.29) is 0 Å². The molecule has 0 spiro atoms. The predicted octanol–water partition coefficient (Wildman–Crippen LogP) is 11.4. The molecule has 11 rings (SSSR count). The van der Waals surface area contributed by atoms with Gasteiger partial charge < -0.3 is 4.57 Å². The zero-order chi connectivity index (χ0) is 33.5. The molecule has 0 saturated carbocycles. The fourth-order valence-electron chi connectivity index (χ4n) is 8.15. The van der Waals surface area contributed by atoms with Crippen molar-refractivity contribution in [2.45, 2.75) is 0 Å². The Balaban J connectivity index is 1.30. The molecule has 0 radical (unpaired) electrons. The molecule has 11 aromatic rings. The van der Waals surface area contributed by atoms with Gasteiger partial charge in [0.25, 0.3) is 0 Å². The van der Waals surface area contributed by atoms with Crippen molar-refractivity contribution in [2.75, 3.05) is 0 Å². The summed E-state index contributed by atoms with van der Waals surface area (Å²) < 4.78 is 6.94. The number of benzene rings is 7. The van der Waals surface area contributed by atoms with Crippen molar-refractivity contribution in [3.05, 3.63) is 176 Å². The third-order valence-corrected chi connectivity index (χ3v) is 10.3. The van der Waals surface area contributed by atoms with Crippen LogP contribution in [0, 0.1) is 0 Å². The lowest BCUT2D eigenvalue weighted by Crippen LogP contribution is -2.07. The summed E-state index contributed by atoms with van der Waals surface area (Å²) in [5.41, 5.74) is 8.71. The largest absolute Gasteiger partial charge is 0.309 e. The Kier molecular flexibility index (Phi) is 5.89. The van der Waals surface area contributed by atoms with Gasteiger partial charge in [-0.2, -0.15) is 0 Å². The van der Waals surface area contributed by atoms with E-state index in [2.05, 4.69) is 190 Å². The molecule has 0 amide bonds. The maximum atomic E-state index is 5.50. The Morgan fingerprint density at radius 3 is 1.16 bits per heavy atom. The van der Waals surface area contributed by atoms with Gasteiger partial charge in [-0.25, -0.2) is 9.97 Å². The first-order valence-corrected chi connectivity index (χ1v) is 17.3. The minimum Gasteiger partial charge on any atom is -0.309 e. The van der Waals surface area contributed by atoms with Gasteiger partial charge in [-0.15, -0.1) is 0 Å². The molecule has 0 bridgehead atoms. The van der Waals surface area contributed by atoms with Gasteiger partial charge in [0.05, 0.1) is 33.1 Å². The van der Waals surface area contributed by atoms with Crippen molar-refractivity contribution >= 4 is 65.4 Å². The van der Waals surface area contributed by atoms with Gasteiger partial charge in [0.1, 0.15) is 11.6 Å². The SMILES string of the molecule is c1ccc(-n2c3ccccc3c3cccc(-c4nc(-n5c6ccccc6c6ccccc65)cc(-n5c6ccccc6c6ccccc65)n4)c32)cc1. The maximum Gasteiger partial charge on any atom is 0.166 e. The monoisotopic (exact) mass is 651 g/mol. The summed E-state index contributed by atoms with van der Waals surface area (Å²) >= 11 is 0. The van der Waals surface area contributed by atoms with Crippen LogP contribution in [0.4, 0.5) is 0 Å². The van der Waals surface area contributed by atoms with Crippen molar-refractivity contribution < 1.29 is 0 Å². The van der Waals surface area contributed by atoms with E-state index in [1.807, 2.05) is 0 Å². The number of fused-ring (bicyclic) bond motifs is 9. The summed E-state index contributed by atoms with van der Waals surface area (Å²) in [5, 5.41) is 7.13. The van der Waals surface area contributed by atoms with Crippen LogP contribution in [-0.4, -0.2) is 23.7 Å². The van der Waals surface area contributed by atoms with E-state index < -0.39 is 0 Å². The van der Waals surface area contributed by atoms with Gasteiger partial charge in [0.15, 0.2) is 5.82 Å². The number of rotatable bonds is 4. The number of para-hydroxylation sites is 7. The first-order chi connectivity index (χ1) is 25.3. The molecule has 7 aromatic carbocycles. The van der Waals surface area contributed by atoms with Gasteiger partial charge in [-0.05, 0) is 48.5 Å². The minimum absolute atomic E-state index is 0.664. The van der Waals surface area contributed by atoms with Crippen LogP contribution in [0.25, 0.3) is 94.1 Å². The minimum atomic E-state index is 0.664. The molecule has 0 aliphatic carbocycles. The van der Waals surface area contributed by atoms with Crippen LogP contribution < -0.4 is 0 Å². The van der Waals surface area contributed by atoms with Gasteiger partial charge in [-0.1, -0.05) is 121 Å². The Morgan fingerprint density at radius 1 is 0.314 bits per heavy atom. The third-order valence-electron chi connectivity index (χ3n) is 10.3. The Bertz CT molecular complexity index is 2910. The first kappa shape index (κ1) is 27.9. The zero-order valence-electron chi connectivity index (χ0n) is 27.5. The van der Waals surface area contributed by atoms with Crippen molar-refractivity contribution in [2.24, 2.45) is 0 Å². The molecule has 0 N–H and O–H groups in total. The fourth-order valence-corrected chi connectivity index (χ4v) is 8.15. The second-order valence-electron chi connectivity index (χ2n) is 13.0. The molecule has 51 heavy (non-hydrogen) atoms. The lowest BCUT2D eigenvalue weighted by atomic mass is 10.1. The highest BCUT2D eigenvalue weighted by Crippen LogP contribution is 2.39. The molecule has 238 valence electrons. The van der Waals surface area contributed by atoms with Gasteiger partial charge in [0, 0.05) is 49.6 Å². The second-order valence-corrected chi connectivity index (χ2v) is 13.0. The summed E-state index contributed by atoms with van der Waals surface area (Å²) in [6, 6.07) is 62.3. The van der Waals surface area contributed by atoms with Crippen LogP contribution in [0.5, 0.6) is 0 Å². The van der Waals surface area contributed by atoms with Gasteiger partial charge in [-0.3, -0.25) is 9.13 Å². The zero-order valence-corrected chi connectivity index (χ0v) is 27.5. The lowest BCUT2D eigenvalue weighted by molar-refractivity contribution is 0.994. The average Bonchev–Trinajstić information content (AvgIpc) is 3.84. The molecule has 5 heteroatoms.